The molecule has 0 heterocycles. The molecule has 0 saturated heterocycles. The number of ketones is 1. The first-order chi connectivity index (χ1) is 6.74. The fourth-order valence-corrected chi connectivity index (χ4v) is 1.07. The largest absolute Gasteiger partial charge is 0.391 e. The van der Waals surface area contributed by atoms with Crippen molar-refractivity contribution in [3.63, 3.8) is 0 Å². The highest BCUT2D eigenvalue weighted by Gasteiger charge is 1.99. The van der Waals surface area contributed by atoms with Crippen LogP contribution >= 0.6 is 0 Å². The third kappa shape index (κ3) is 3.05. The molecule has 0 saturated carbocycles. The number of aryl methyl sites for hydroxylation is 1. The van der Waals surface area contributed by atoms with Crippen molar-refractivity contribution < 1.29 is 4.79 Å². The van der Waals surface area contributed by atoms with E-state index in [9.17, 15) is 4.79 Å². The average molecular weight is 189 g/mol. The molecule has 0 radical (unpaired) electrons. The second-order valence-corrected chi connectivity index (χ2v) is 3.12. The second-order valence-electron chi connectivity index (χ2n) is 3.12. The van der Waals surface area contributed by atoms with Gasteiger partial charge in [-0.05, 0) is 13.8 Å². The Morgan fingerprint density at radius 2 is 2.00 bits per heavy atom. The second kappa shape index (κ2) is 5.22. The Morgan fingerprint density at radius 3 is 2.57 bits per heavy atom. The molecule has 0 aliphatic rings. The van der Waals surface area contributed by atoms with E-state index >= 15 is 0 Å². The lowest BCUT2D eigenvalue weighted by Gasteiger charge is -1.96. The van der Waals surface area contributed by atoms with Gasteiger partial charge < -0.3 is 5.32 Å². The lowest BCUT2D eigenvalue weighted by atomic mass is 10.1. The fraction of sp³-hybridized carbons (Fsp3) is 0.250. The number of hydrogen-bond acceptors (Lipinski definition) is 2. The summed E-state index contributed by atoms with van der Waals surface area (Å²) in [5, 5.41) is 2.96. The van der Waals surface area contributed by atoms with Crippen LogP contribution in [0, 0.1) is 6.92 Å². The van der Waals surface area contributed by atoms with Gasteiger partial charge in [0.2, 0.25) is 0 Å². The molecule has 0 bridgehead atoms. The Labute approximate surface area is 84.6 Å². The Bertz CT molecular complexity index is 325. The van der Waals surface area contributed by atoms with E-state index in [2.05, 4.69) is 5.32 Å². The molecular weight excluding hydrogens is 174 g/mol. The molecule has 0 aliphatic heterocycles. The minimum absolute atomic E-state index is 0.0333. The van der Waals surface area contributed by atoms with Crippen molar-refractivity contribution in [2.75, 3.05) is 6.54 Å². The molecule has 2 nitrogen and oxygen atoms in total. The summed E-state index contributed by atoms with van der Waals surface area (Å²) < 4.78 is 0. The number of carbonyl (C=O) groups is 1. The normalized spacial score (nSPS) is 10.4. The maximum absolute atomic E-state index is 11.5. The van der Waals surface area contributed by atoms with E-state index in [1.807, 2.05) is 38.1 Å². The SMILES string of the molecule is CCN/C=C/C(=O)c1ccc(C)cc1. The van der Waals surface area contributed by atoms with E-state index in [1.54, 1.807) is 12.3 Å². The Kier molecular flexibility index (Phi) is 3.92. The van der Waals surface area contributed by atoms with Gasteiger partial charge in [0, 0.05) is 24.4 Å². The first-order valence-corrected chi connectivity index (χ1v) is 4.75. The Morgan fingerprint density at radius 1 is 1.36 bits per heavy atom. The summed E-state index contributed by atoms with van der Waals surface area (Å²) in [6.07, 6.45) is 3.23. The molecule has 0 unspecified atom stereocenters. The molecule has 0 fully saturated rings. The summed E-state index contributed by atoms with van der Waals surface area (Å²) in [5.41, 5.74) is 1.89. The van der Waals surface area contributed by atoms with E-state index in [0.717, 1.165) is 17.7 Å². The van der Waals surface area contributed by atoms with Crippen LogP contribution in [-0.2, 0) is 0 Å². The van der Waals surface area contributed by atoms with E-state index in [0.29, 0.717) is 0 Å². The van der Waals surface area contributed by atoms with Gasteiger partial charge in [0.25, 0.3) is 0 Å². The molecular formula is C12H15NO. The lowest BCUT2D eigenvalue weighted by molar-refractivity contribution is 0.104. The number of carbonyl (C=O) groups excluding carboxylic acids is 1. The molecule has 0 aliphatic carbocycles. The van der Waals surface area contributed by atoms with E-state index in [4.69, 9.17) is 0 Å². The van der Waals surface area contributed by atoms with Crippen LogP contribution in [0.15, 0.2) is 36.5 Å². The van der Waals surface area contributed by atoms with Crippen LogP contribution in [0.1, 0.15) is 22.8 Å². The van der Waals surface area contributed by atoms with Crippen molar-refractivity contribution in [1.82, 2.24) is 5.32 Å². The summed E-state index contributed by atoms with van der Waals surface area (Å²) in [4.78, 5) is 11.5. The summed E-state index contributed by atoms with van der Waals surface area (Å²) in [6.45, 7) is 4.82. The van der Waals surface area contributed by atoms with Crippen LogP contribution in [0.3, 0.4) is 0 Å². The van der Waals surface area contributed by atoms with Crippen molar-refractivity contribution in [2.45, 2.75) is 13.8 Å². The van der Waals surface area contributed by atoms with Crippen molar-refractivity contribution in [1.29, 1.82) is 0 Å². The molecule has 1 rings (SSSR count). The lowest BCUT2D eigenvalue weighted by Crippen LogP contribution is -2.04. The van der Waals surface area contributed by atoms with Crippen molar-refractivity contribution in [3.8, 4) is 0 Å². The zero-order valence-electron chi connectivity index (χ0n) is 8.58. The summed E-state index contributed by atoms with van der Waals surface area (Å²) >= 11 is 0. The first-order valence-electron chi connectivity index (χ1n) is 4.75. The summed E-state index contributed by atoms with van der Waals surface area (Å²) in [5.74, 6) is 0.0333. The van der Waals surface area contributed by atoms with Gasteiger partial charge in [-0.2, -0.15) is 0 Å². The predicted molar refractivity (Wildman–Crippen MR) is 58.3 cm³/mol. The minimum atomic E-state index is 0.0333. The van der Waals surface area contributed by atoms with Crippen LogP contribution in [-0.4, -0.2) is 12.3 Å². The van der Waals surface area contributed by atoms with Gasteiger partial charge in [0.15, 0.2) is 5.78 Å². The predicted octanol–water partition coefficient (Wildman–Crippen LogP) is 2.30. The fourth-order valence-electron chi connectivity index (χ4n) is 1.07. The van der Waals surface area contributed by atoms with Crippen molar-refractivity contribution >= 4 is 5.78 Å². The van der Waals surface area contributed by atoms with Crippen molar-refractivity contribution in [3.05, 3.63) is 47.7 Å². The number of nitrogens with one attached hydrogen (secondary N) is 1. The number of rotatable bonds is 4. The summed E-state index contributed by atoms with van der Waals surface area (Å²) in [7, 11) is 0. The molecule has 0 amide bonds. The third-order valence-electron chi connectivity index (χ3n) is 1.89. The quantitative estimate of drug-likeness (QED) is 0.581. The molecule has 74 valence electrons. The molecule has 1 aromatic rings. The minimum Gasteiger partial charge on any atom is -0.391 e. The van der Waals surface area contributed by atoms with Gasteiger partial charge in [-0.3, -0.25) is 4.79 Å². The van der Waals surface area contributed by atoms with E-state index < -0.39 is 0 Å². The van der Waals surface area contributed by atoms with Crippen LogP contribution < -0.4 is 5.32 Å². The Hall–Kier alpha value is -1.57. The highest BCUT2D eigenvalue weighted by Crippen LogP contribution is 2.04. The van der Waals surface area contributed by atoms with Gasteiger partial charge >= 0.3 is 0 Å². The standard InChI is InChI=1S/C12H15NO/c1-3-13-9-8-12(14)11-6-4-10(2)5-7-11/h4-9,13H,3H2,1-2H3/b9-8+. The van der Waals surface area contributed by atoms with Gasteiger partial charge in [-0.1, -0.05) is 29.8 Å². The van der Waals surface area contributed by atoms with Gasteiger partial charge in [-0.25, -0.2) is 0 Å². The molecule has 2 heteroatoms. The van der Waals surface area contributed by atoms with Crippen molar-refractivity contribution in [2.24, 2.45) is 0 Å². The monoisotopic (exact) mass is 189 g/mol. The van der Waals surface area contributed by atoms with Gasteiger partial charge in [0.05, 0.1) is 0 Å². The molecule has 0 atom stereocenters. The van der Waals surface area contributed by atoms with E-state index in [1.165, 1.54) is 0 Å². The Balaban J connectivity index is 2.65. The van der Waals surface area contributed by atoms with Crippen LogP contribution in [0.5, 0.6) is 0 Å². The number of allylic oxidation sites excluding steroid dienone is 1. The number of hydrogen-bond donors (Lipinski definition) is 1. The third-order valence-corrected chi connectivity index (χ3v) is 1.89. The molecule has 1 aromatic carbocycles. The zero-order chi connectivity index (χ0) is 10.4. The zero-order valence-corrected chi connectivity index (χ0v) is 8.58. The van der Waals surface area contributed by atoms with E-state index in [-0.39, 0.29) is 5.78 Å². The molecule has 0 aromatic heterocycles. The average Bonchev–Trinajstić information content (AvgIpc) is 2.19. The highest BCUT2D eigenvalue weighted by molar-refractivity contribution is 6.04. The highest BCUT2D eigenvalue weighted by atomic mass is 16.1. The molecule has 14 heavy (non-hydrogen) atoms. The summed E-state index contributed by atoms with van der Waals surface area (Å²) in [6, 6.07) is 7.56. The van der Waals surface area contributed by atoms with Gasteiger partial charge in [-0.15, -0.1) is 0 Å². The smallest absolute Gasteiger partial charge is 0.187 e. The maximum atomic E-state index is 11.5. The topological polar surface area (TPSA) is 29.1 Å². The number of benzene rings is 1. The molecule has 1 N–H and O–H groups in total. The van der Waals surface area contributed by atoms with Crippen LogP contribution in [0.2, 0.25) is 0 Å². The van der Waals surface area contributed by atoms with Crippen LogP contribution in [0.4, 0.5) is 0 Å². The molecule has 0 spiro atoms. The van der Waals surface area contributed by atoms with Crippen LogP contribution in [0.25, 0.3) is 0 Å². The first kappa shape index (κ1) is 10.5. The maximum Gasteiger partial charge on any atom is 0.187 e. The van der Waals surface area contributed by atoms with Gasteiger partial charge in [0.1, 0.15) is 0 Å².